The van der Waals surface area contributed by atoms with E-state index in [1.807, 2.05) is 4.74 Å². The van der Waals surface area contributed by atoms with Gasteiger partial charge >= 0.3 is 55.5 Å². The van der Waals surface area contributed by atoms with Crippen LogP contribution in [0.4, 0.5) is 79.0 Å². The first-order valence-corrected chi connectivity index (χ1v) is 6.40. The second-order valence-electron chi connectivity index (χ2n) is 4.75. The molecule has 0 unspecified atom stereocenters. The van der Waals surface area contributed by atoms with E-state index in [4.69, 9.17) is 0 Å². The summed E-state index contributed by atoms with van der Waals surface area (Å²) in [7, 11) is 0. The molecule has 0 rings (SSSR count). The van der Waals surface area contributed by atoms with Crippen LogP contribution < -0.4 is 0 Å². The zero-order valence-electron chi connectivity index (χ0n) is 13.8. The molecule has 6 nitrogen and oxygen atoms in total. The van der Waals surface area contributed by atoms with Crippen molar-refractivity contribution in [1.29, 1.82) is 0 Å². The molecule has 0 aromatic rings. The third-order valence-corrected chi connectivity index (χ3v) is 2.22. The quantitative estimate of drug-likeness (QED) is 0.250. The van der Waals surface area contributed by atoms with E-state index in [-0.39, 0.29) is 0 Å². The van der Waals surface area contributed by atoms with Gasteiger partial charge in [0, 0.05) is 0 Å². The third kappa shape index (κ3) is 9.07. The molecule has 0 aliphatic rings. The summed E-state index contributed by atoms with van der Waals surface area (Å²) >= 11 is 0. The summed E-state index contributed by atoms with van der Waals surface area (Å²) in [6.07, 6.45) is -43.3. The molecule has 0 spiro atoms. The summed E-state index contributed by atoms with van der Waals surface area (Å²) in [5.74, 6) is -12.0. The molecule has 0 aliphatic heterocycles. The number of ether oxygens (including phenoxy) is 5. The Balaban J connectivity index is 6.67. The Morgan fingerprint density at radius 1 is 0.455 bits per heavy atom. The maximum absolute atomic E-state index is 13.6. The van der Waals surface area contributed by atoms with E-state index in [1.165, 1.54) is 9.47 Å². The number of hydrogen-bond acceptors (Lipinski definition) is 6. The van der Waals surface area contributed by atoms with Gasteiger partial charge in [0.05, 0.1) is 0 Å². The first kappa shape index (κ1) is 31.0. The lowest BCUT2D eigenvalue weighted by atomic mass is 10.2. The maximum atomic E-state index is 13.6. The van der Waals surface area contributed by atoms with Gasteiger partial charge < -0.3 is 4.74 Å². The predicted octanol–water partition coefficient (Wildman–Crippen LogP) is 5.15. The Hall–Kier alpha value is -1.95. The van der Waals surface area contributed by atoms with Crippen LogP contribution in [-0.2, 0) is 28.5 Å². The van der Waals surface area contributed by atoms with Gasteiger partial charge in [0.25, 0.3) is 0 Å². The third-order valence-electron chi connectivity index (χ3n) is 2.22. The number of hydrogen-bond donors (Lipinski definition) is 0. The molecule has 0 fully saturated rings. The largest absolute Gasteiger partial charge is 0.527 e. The molecule has 0 saturated carbocycles. The van der Waals surface area contributed by atoms with Crippen LogP contribution in [0.2, 0.25) is 0 Å². The first-order chi connectivity index (χ1) is 14.0. The molecule has 198 valence electrons. The molecule has 0 bridgehead atoms. The molecule has 0 N–H and O–H groups in total. The predicted molar refractivity (Wildman–Crippen MR) is 52.2 cm³/mol. The van der Waals surface area contributed by atoms with Crippen molar-refractivity contribution >= 4 is 5.97 Å². The fraction of sp³-hybridized carbons (Fsp3) is 0.889. The van der Waals surface area contributed by atoms with E-state index < -0.39 is 55.5 Å². The summed E-state index contributed by atoms with van der Waals surface area (Å²) in [5.41, 5.74) is 0. The lowest BCUT2D eigenvalue weighted by Crippen LogP contribution is -2.64. The standard InChI is InChI=1S/C9F18O6/c10-3(11,12)2(30-6(16,17)18,31-7(19,20)21)1(28)29-4(13,14)5(15,32-8(22,23)24)33-9(25,26)27. The van der Waals surface area contributed by atoms with E-state index in [1.54, 1.807) is 9.47 Å². The van der Waals surface area contributed by atoms with Gasteiger partial charge in [-0.15, -0.1) is 52.7 Å². The van der Waals surface area contributed by atoms with E-state index in [0.717, 1.165) is 0 Å². The van der Waals surface area contributed by atoms with Crippen LogP contribution in [0.15, 0.2) is 0 Å². The summed E-state index contributed by atoms with van der Waals surface area (Å²) < 4.78 is 232. The molecular weight excluding hydrogens is 546 g/mol. The molecule has 0 saturated heterocycles. The Kier molecular flexibility index (Phi) is 8.17. The highest BCUT2D eigenvalue weighted by Crippen LogP contribution is 2.48. The minimum atomic E-state index is -7.58. The lowest BCUT2D eigenvalue weighted by molar-refractivity contribution is -0.574. The molecule has 33 heavy (non-hydrogen) atoms. The number of alkyl halides is 18. The smallest absolute Gasteiger partial charge is 0.390 e. The molecule has 0 radical (unpaired) electrons. The highest BCUT2D eigenvalue weighted by Gasteiger charge is 2.77. The maximum Gasteiger partial charge on any atom is 0.527 e. The molecular formula is C9F18O6. The van der Waals surface area contributed by atoms with Crippen LogP contribution in [0.1, 0.15) is 0 Å². The van der Waals surface area contributed by atoms with Crippen LogP contribution in [0.25, 0.3) is 0 Å². The van der Waals surface area contributed by atoms with Crippen molar-refractivity contribution < 1.29 is 108 Å². The molecule has 0 aliphatic carbocycles. The highest BCUT2D eigenvalue weighted by atomic mass is 19.4. The van der Waals surface area contributed by atoms with Crippen LogP contribution in [0.5, 0.6) is 0 Å². The molecule has 0 amide bonds. The van der Waals surface area contributed by atoms with Crippen molar-refractivity contribution in [2.24, 2.45) is 0 Å². The average Bonchev–Trinajstić information content (AvgIpc) is 2.36. The average molecular weight is 546 g/mol. The fourth-order valence-corrected chi connectivity index (χ4v) is 1.34. The van der Waals surface area contributed by atoms with E-state index in [9.17, 15) is 83.8 Å². The lowest BCUT2D eigenvalue weighted by Gasteiger charge is -2.36. The van der Waals surface area contributed by atoms with Gasteiger partial charge in [-0.3, -0.25) is 0 Å². The summed E-state index contributed by atoms with van der Waals surface area (Å²) in [5, 5.41) is 0. The van der Waals surface area contributed by atoms with Crippen LogP contribution in [-0.4, -0.2) is 55.5 Å². The number of rotatable bonds is 7. The number of carbonyl (C=O) groups excluding carboxylic acids is 1. The van der Waals surface area contributed by atoms with Crippen LogP contribution in [0, 0.1) is 0 Å². The van der Waals surface area contributed by atoms with Crippen molar-refractivity contribution in [3.05, 3.63) is 0 Å². The normalized spacial score (nSPS) is 15.6. The van der Waals surface area contributed by atoms with Gasteiger partial charge in [-0.2, -0.15) is 26.3 Å². The molecule has 0 aromatic heterocycles. The summed E-state index contributed by atoms with van der Waals surface area (Å²) in [6, 6.07) is -7.27. The van der Waals surface area contributed by atoms with Crippen molar-refractivity contribution in [3.63, 3.8) is 0 Å². The van der Waals surface area contributed by atoms with Crippen LogP contribution in [0.3, 0.4) is 0 Å². The van der Waals surface area contributed by atoms with Crippen molar-refractivity contribution in [1.82, 2.24) is 0 Å². The number of esters is 1. The SMILES string of the molecule is O=C(OC(F)(F)C(F)(OC(F)(F)F)OC(F)(F)F)C(OC(F)(F)F)(OC(F)(F)F)C(F)(F)F. The van der Waals surface area contributed by atoms with Crippen molar-refractivity contribution in [2.75, 3.05) is 0 Å². The van der Waals surface area contributed by atoms with Gasteiger partial charge in [-0.1, -0.05) is 0 Å². The van der Waals surface area contributed by atoms with E-state index in [2.05, 4.69) is 0 Å². The molecule has 0 heterocycles. The first-order valence-electron chi connectivity index (χ1n) is 6.40. The Bertz CT molecular complexity index is 650. The van der Waals surface area contributed by atoms with Crippen molar-refractivity contribution in [2.45, 2.75) is 49.6 Å². The van der Waals surface area contributed by atoms with Crippen LogP contribution >= 0.6 is 0 Å². The summed E-state index contributed by atoms with van der Waals surface area (Å²) in [4.78, 5) is 11.1. The van der Waals surface area contributed by atoms with Gasteiger partial charge in [0.1, 0.15) is 0 Å². The van der Waals surface area contributed by atoms with Gasteiger partial charge in [-0.25, -0.2) is 23.7 Å². The summed E-state index contributed by atoms with van der Waals surface area (Å²) in [6.45, 7) is 0. The zero-order chi connectivity index (χ0) is 27.1. The zero-order valence-corrected chi connectivity index (χ0v) is 13.8. The highest BCUT2D eigenvalue weighted by molar-refractivity contribution is 5.79. The molecule has 0 atom stereocenters. The van der Waals surface area contributed by atoms with E-state index >= 15 is 0 Å². The second-order valence-corrected chi connectivity index (χ2v) is 4.75. The minimum absolute atomic E-state index is 1.52. The molecule has 24 heteroatoms. The monoisotopic (exact) mass is 546 g/mol. The topological polar surface area (TPSA) is 63.2 Å². The van der Waals surface area contributed by atoms with Gasteiger partial charge in [0.15, 0.2) is 0 Å². The number of carbonyl (C=O) groups is 1. The van der Waals surface area contributed by atoms with E-state index in [0.29, 0.717) is 0 Å². The Labute approximate surface area is 164 Å². The Morgan fingerprint density at radius 3 is 0.939 bits per heavy atom. The number of halogens is 18. The van der Waals surface area contributed by atoms with Gasteiger partial charge in [0.2, 0.25) is 0 Å². The second kappa shape index (κ2) is 8.68. The van der Waals surface area contributed by atoms with Crippen molar-refractivity contribution in [3.8, 4) is 0 Å². The van der Waals surface area contributed by atoms with Gasteiger partial charge in [-0.05, 0) is 0 Å². The Morgan fingerprint density at radius 2 is 0.727 bits per heavy atom. The minimum Gasteiger partial charge on any atom is -0.390 e. The molecule has 0 aromatic carbocycles. The fourth-order valence-electron chi connectivity index (χ4n) is 1.34.